The summed E-state index contributed by atoms with van der Waals surface area (Å²) in [6.07, 6.45) is -0.143. The average Bonchev–Trinajstić information content (AvgIpc) is 2.24. The molecular formula is C11H15N3O3. The number of hydrogen-bond donors (Lipinski definition) is 2. The molecule has 17 heavy (non-hydrogen) atoms. The monoisotopic (exact) mass is 237 g/mol. The molecule has 6 nitrogen and oxygen atoms in total. The molecular weight excluding hydrogens is 222 g/mol. The number of aryl methyl sites for hydroxylation is 1. The van der Waals surface area contributed by atoms with Gasteiger partial charge in [-0.05, 0) is 19.4 Å². The molecule has 0 fully saturated rings. The molecule has 0 aromatic heterocycles. The van der Waals surface area contributed by atoms with Crippen molar-refractivity contribution in [1.82, 2.24) is 0 Å². The van der Waals surface area contributed by atoms with Crippen LogP contribution in [0.15, 0.2) is 18.2 Å². The number of amidine groups is 1. The quantitative estimate of drug-likeness (QED) is 0.354. The number of nitro groups is 1. The second kappa shape index (κ2) is 5.29. The van der Waals surface area contributed by atoms with Crippen LogP contribution in [0.1, 0.15) is 18.9 Å². The van der Waals surface area contributed by atoms with Crippen molar-refractivity contribution in [3.8, 4) is 5.75 Å². The third kappa shape index (κ3) is 2.93. The van der Waals surface area contributed by atoms with Gasteiger partial charge in [-0.25, -0.2) is 0 Å². The maximum Gasteiger partial charge on any atom is 0.313 e. The van der Waals surface area contributed by atoms with Crippen LogP contribution in [0.5, 0.6) is 5.75 Å². The number of nitrogens with zero attached hydrogens (tertiary/aromatic N) is 1. The van der Waals surface area contributed by atoms with Gasteiger partial charge in [0, 0.05) is 5.56 Å². The number of para-hydroxylation sites is 1. The molecule has 3 N–H and O–H groups in total. The van der Waals surface area contributed by atoms with Crippen LogP contribution in [0, 0.1) is 22.4 Å². The highest BCUT2D eigenvalue weighted by atomic mass is 16.6. The molecule has 6 heteroatoms. The van der Waals surface area contributed by atoms with E-state index in [0.29, 0.717) is 12.0 Å². The Labute approximate surface area is 99.0 Å². The molecule has 0 spiro atoms. The molecule has 0 aliphatic carbocycles. The molecule has 0 radical (unpaired) electrons. The second-order valence-electron chi connectivity index (χ2n) is 3.65. The van der Waals surface area contributed by atoms with Gasteiger partial charge in [-0.1, -0.05) is 19.1 Å². The van der Waals surface area contributed by atoms with Crippen molar-refractivity contribution in [3.05, 3.63) is 33.9 Å². The molecule has 1 unspecified atom stereocenters. The summed E-state index contributed by atoms with van der Waals surface area (Å²) < 4.78 is 5.41. The summed E-state index contributed by atoms with van der Waals surface area (Å²) in [7, 11) is 0. The van der Waals surface area contributed by atoms with Crippen molar-refractivity contribution in [1.29, 1.82) is 5.41 Å². The number of nitro benzene ring substituents is 1. The van der Waals surface area contributed by atoms with E-state index < -0.39 is 11.0 Å². The second-order valence-corrected chi connectivity index (χ2v) is 3.65. The van der Waals surface area contributed by atoms with E-state index in [0.717, 1.165) is 0 Å². The Kier molecular flexibility index (Phi) is 4.03. The lowest BCUT2D eigenvalue weighted by Gasteiger charge is -2.16. The zero-order valence-electron chi connectivity index (χ0n) is 9.77. The van der Waals surface area contributed by atoms with Gasteiger partial charge in [0.25, 0.3) is 0 Å². The number of hydrogen-bond acceptors (Lipinski definition) is 4. The number of rotatable bonds is 5. The van der Waals surface area contributed by atoms with Crippen molar-refractivity contribution in [3.63, 3.8) is 0 Å². The number of nitrogens with one attached hydrogen (secondary N) is 1. The highest BCUT2D eigenvalue weighted by Crippen LogP contribution is 2.31. The van der Waals surface area contributed by atoms with E-state index in [1.54, 1.807) is 26.0 Å². The van der Waals surface area contributed by atoms with Crippen LogP contribution < -0.4 is 10.5 Å². The van der Waals surface area contributed by atoms with E-state index in [4.69, 9.17) is 15.9 Å². The largest absolute Gasteiger partial charge is 0.475 e. The lowest BCUT2D eigenvalue weighted by atomic mass is 10.2. The number of benzene rings is 1. The fourth-order valence-corrected chi connectivity index (χ4v) is 1.48. The lowest BCUT2D eigenvalue weighted by Crippen LogP contribution is -2.32. The van der Waals surface area contributed by atoms with Gasteiger partial charge in [0.2, 0.25) is 0 Å². The molecule has 1 rings (SSSR count). The smallest absolute Gasteiger partial charge is 0.313 e. The maximum absolute atomic E-state index is 10.9. The molecule has 0 saturated heterocycles. The van der Waals surface area contributed by atoms with Gasteiger partial charge in [0.05, 0.1) is 4.92 Å². The van der Waals surface area contributed by atoms with Gasteiger partial charge in [-0.2, -0.15) is 0 Å². The zero-order chi connectivity index (χ0) is 13.0. The fraction of sp³-hybridized carbons (Fsp3) is 0.364. The van der Waals surface area contributed by atoms with Gasteiger partial charge >= 0.3 is 5.69 Å². The Morgan fingerprint density at radius 3 is 2.76 bits per heavy atom. The van der Waals surface area contributed by atoms with E-state index in [1.807, 2.05) is 0 Å². The van der Waals surface area contributed by atoms with E-state index in [9.17, 15) is 10.1 Å². The zero-order valence-corrected chi connectivity index (χ0v) is 9.77. The van der Waals surface area contributed by atoms with E-state index in [1.165, 1.54) is 6.07 Å². The van der Waals surface area contributed by atoms with Gasteiger partial charge in [-0.3, -0.25) is 15.5 Å². The Hall–Kier alpha value is -2.11. The minimum Gasteiger partial charge on any atom is -0.475 e. The average molecular weight is 237 g/mol. The van der Waals surface area contributed by atoms with Gasteiger partial charge in [-0.15, -0.1) is 0 Å². The Morgan fingerprint density at radius 1 is 1.65 bits per heavy atom. The summed E-state index contributed by atoms with van der Waals surface area (Å²) in [5.74, 6) is 0.0142. The molecule has 0 amide bonds. The van der Waals surface area contributed by atoms with Crippen LogP contribution in [-0.2, 0) is 0 Å². The summed E-state index contributed by atoms with van der Waals surface area (Å²) in [6.45, 7) is 3.44. The first-order valence-corrected chi connectivity index (χ1v) is 5.22. The third-order valence-electron chi connectivity index (χ3n) is 2.37. The summed E-state index contributed by atoms with van der Waals surface area (Å²) in [5.41, 5.74) is 5.79. The third-order valence-corrected chi connectivity index (χ3v) is 2.37. The van der Waals surface area contributed by atoms with Crippen molar-refractivity contribution in [2.75, 3.05) is 0 Å². The molecule has 92 valence electrons. The molecule has 1 atom stereocenters. The van der Waals surface area contributed by atoms with Gasteiger partial charge in [0.15, 0.2) is 11.9 Å². The lowest BCUT2D eigenvalue weighted by molar-refractivity contribution is -0.386. The van der Waals surface area contributed by atoms with Crippen LogP contribution in [-0.4, -0.2) is 16.9 Å². The van der Waals surface area contributed by atoms with Crippen molar-refractivity contribution in [2.45, 2.75) is 26.4 Å². The Morgan fingerprint density at radius 2 is 2.29 bits per heavy atom. The number of ether oxygens (including phenoxy) is 1. The molecule has 0 aliphatic heterocycles. The van der Waals surface area contributed by atoms with Gasteiger partial charge in [0.1, 0.15) is 5.84 Å². The van der Waals surface area contributed by atoms with Crippen LogP contribution in [0.25, 0.3) is 0 Å². The predicted octanol–water partition coefficient (Wildman–Crippen LogP) is 2.00. The molecule has 0 saturated carbocycles. The Balaban J connectivity index is 3.10. The first kappa shape index (κ1) is 13.0. The first-order chi connectivity index (χ1) is 7.97. The minimum absolute atomic E-state index is 0.0767. The van der Waals surface area contributed by atoms with Crippen LogP contribution >= 0.6 is 0 Å². The predicted molar refractivity (Wildman–Crippen MR) is 64.5 cm³/mol. The highest BCUT2D eigenvalue weighted by molar-refractivity contribution is 5.82. The van der Waals surface area contributed by atoms with Gasteiger partial charge < -0.3 is 10.5 Å². The number of nitrogens with two attached hydrogens (primary N) is 1. The topological polar surface area (TPSA) is 102 Å². The molecule has 0 aliphatic rings. The molecule has 0 heterocycles. The summed E-state index contributed by atoms with van der Waals surface area (Å²) >= 11 is 0. The van der Waals surface area contributed by atoms with E-state index in [2.05, 4.69) is 0 Å². The molecule has 1 aromatic carbocycles. The maximum atomic E-state index is 10.9. The molecule has 1 aromatic rings. The summed E-state index contributed by atoms with van der Waals surface area (Å²) in [5, 5.41) is 18.2. The van der Waals surface area contributed by atoms with Crippen LogP contribution in [0.2, 0.25) is 0 Å². The summed E-state index contributed by atoms with van der Waals surface area (Å²) in [4.78, 5) is 10.4. The van der Waals surface area contributed by atoms with Crippen molar-refractivity contribution in [2.24, 2.45) is 5.73 Å². The Bertz CT molecular complexity index is 446. The molecule has 0 bridgehead atoms. The van der Waals surface area contributed by atoms with Crippen LogP contribution in [0.4, 0.5) is 5.69 Å². The first-order valence-electron chi connectivity index (χ1n) is 5.22. The fourth-order valence-electron chi connectivity index (χ4n) is 1.48. The minimum atomic E-state index is -0.629. The standard InChI is InChI=1S/C11H15N3O3/c1-3-8(11(12)13)17-9-6-4-5-7(2)10(9)14(15)16/h4-6,8H,3H2,1-2H3,(H3,12,13). The SMILES string of the molecule is CCC(Oc1cccc(C)c1[N+](=O)[O-])C(=N)N. The highest BCUT2D eigenvalue weighted by Gasteiger charge is 2.21. The summed E-state index contributed by atoms with van der Waals surface area (Å²) in [6, 6.07) is 4.82. The van der Waals surface area contributed by atoms with E-state index in [-0.39, 0.29) is 17.3 Å². The van der Waals surface area contributed by atoms with Crippen molar-refractivity contribution < 1.29 is 9.66 Å². The van der Waals surface area contributed by atoms with E-state index >= 15 is 0 Å². The van der Waals surface area contributed by atoms with Crippen molar-refractivity contribution >= 4 is 11.5 Å². The van der Waals surface area contributed by atoms with Crippen LogP contribution in [0.3, 0.4) is 0 Å². The normalized spacial score (nSPS) is 11.9.